The van der Waals surface area contributed by atoms with Crippen LogP contribution in [0.2, 0.25) is 0 Å². The van der Waals surface area contributed by atoms with Crippen molar-refractivity contribution in [2.75, 3.05) is 44.2 Å². The summed E-state index contributed by atoms with van der Waals surface area (Å²) in [6, 6.07) is 13.8. The number of H-pyrrole nitrogens is 1. The SMILES string of the molecule is CC(C)N1CCN(c2ccc(-c3nccc4[nH]c(CN5CCC(O)CC5)cc34)cc2)CC1. The van der Waals surface area contributed by atoms with Crippen molar-refractivity contribution in [3.8, 4) is 11.3 Å². The topological polar surface area (TPSA) is 58.6 Å². The highest BCUT2D eigenvalue weighted by molar-refractivity contribution is 5.93. The Bertz CT molecular complexity index is 1030. The van der Waals surface area contributed by atoms with E-state index in [2.05, 4.69) is 69.9 Å². The third-order valence-corrected chi connectivity index (χ3v) is 7.11. The molecule has 0 unspecified atom stereocenters. The van der Waals surface area contributed by atoms with E-state index in [-0.39, 0.29) is 6.10 Å². The van der Waals surface area contributed by atoms with Gasteiger partial charge in [0.2, 0.25) is 0 Å². The van der Waals surface area contributed by atoms with Crippen LogP contribution in [0.25, 0.3) is 22.2 Å². The van der Waals surface area contributed by atoms with Gasteiger partial charge in [-0.3, -0.25) is 14.8 Å². The summed E-state index contributed by atoms with van der Waals surface area (Å²) in [6.45, 7) is 11.8. The second-order valence-corrected chi connectivity index (χ2v) is 9.59. The lowest BCUT2D eigenvalue weighted by Gasteiger charge is -2.38. The molecule has 3 aromatic rings. The summed E-state index contributed by atoms with van der Waals surface area (Å²) < 4.78 is 0. The fourth-order valence-corrected chi connectivity index (χ4v) is 5.07. The van der Waals surface area contributed by atoms with Crippen molar-refractivity contribution in [2.45, 2.75) is 45.4 Å². The number of benzene rings is 1. The average Bonchev–Trinajstić information content (AvgIpc) is 3.23. The maximum absolute atomic E-state index is 9.76. The molecular weight excluding hydrogens is 398 g/mol. The van der Waals surface area contributed by atoms with Crippen LogP contribution in [0.1, 0.15) is 32.4 Å². The Morgan fingerprint density at radius 2 is 1.72 bits per heavy atom. The molecule has 2 aliphatic heterocycles. The Morgan fingerprint density at radius 1 is 1.00 bits per heavy atom. The van der Waals surface area contributed by atoms with Crippen molar-refractivity contribution >= 4 is 16.6 Å². The molecule has 0 aliphatic carbocycles. The quantitative estimate of drug-likeness (QED) is 0.642. The molecule has 0 amide bonds. The normalized spacial score (nSPS) is 19.3. The Labute approximate surface area is 190 Å². The van der Waals surface area contributed by atoms with Gasteiger partial charge in [-0.25, -0.2) is 0 Å². The van der Waals surface area contributed by atoms with E-state index in [1.165, 1.54) is 16.8 Å². The first-order chi connectivity index (χ1) is 15.6. The van der Waals surface area contributed by atoms with E-state index in [4.69, 9.17) is 4.98 Å². The van der Waals surface area contributed by atoms with Crippen molar-refractivity contribution in [2.24, 2.45) is 0 Å². The van der Waals surface area contributed by atoms with Crippen LogP contribution in [0.15, 0.2) is 42.6 Å². The van der Waals surface area contributed by atoms with Crippen molar-refractivity contribution in [1.82, 2.24) is 19.8 Å². The summed E-state index contributed by atoms with van der Waals surface area (Å²) in [5, 5.41) is 10.9. The fraction of sp³-hybridized carbons (Fsp3) is 0.500. The first kappa shape index (κ1) is 21.4. The summed E-state index contributed by atoms with van der Waals surface area (Å²) in [6.07, 6.45) is 3.50. The highest BCUT2D eigenvalue weighted by Crippen LogP contribution is 2.30. The molecule has 0 radical (unpaired) electrons. The van der Waals surface area contributed by atoms with Gasteiger partial charge in [0.15, 0.2) is 0 Å². The minimum atomic E-state index is -0.133. The number of nitrogens with one attached hydrogen (secondary N) is 1. The first-order valence-electron chi connectivity index (χ1n) is 12.0. The molecular formula is C26H35N5O. The van der Waals surface area contributed by atoms with Crippen molar-refractivity contribution < 1.29 is 5.11 Å². The zero-order chi connectivity index (χ0) is 22.1. The Hall–Kier alpha value is -2.41. The van der Waals surface area contributed by atoms with E-state index in [0.717, 1.165) is 75.4 Å². The lowest BCUT2D eigenvalue weighted by atomic mass is 10.1. The molecule has 170 valence electrons. The van der Waals surface area contributed by atoms with Crippen LogP contribution in [-0.4, -0.2) is 76.3 Å². The van der Waals surface area contributed by atoms with Crippen LogP contribution >= 0.6 is 0 Å². The van der Waals surface area contributed by atoms with Gasteiger partial charge in [-0.2, -0.15) is 0 Å². The molecule has 32 heavy (non-hydrogen) atoms. The van der Waals surface area contributed by atoms with E-state index < -0.39 is 0 Å². The number of piperazine rings is 1. The van der Waals surface area contributed by atoms with E-state index in [9.17, 15) is 5.11 Å². The second kappa shape index (κ2) is 9.22. The monoisotopic (exact) mass is 433 g/mol. The summed E-state index contributed by atoms with van der Waals surface area (Å²) >= 11 is 0. The van der Waals surface area contributed by atoms with Crippen LogP contribution in [0, 0.1) is 0 Å². The van der Waals surface area contributed by atoms with E-state index in [1.54, 1.807) is 0 Å². The number of aliphatic hydroxyl groups excluding tert-OH is 1. The summed E-state index contributed by atoms with van der Waals surface area (Å²) in [4.78, 5) is 15.8. The Kier molecular flexibility index (Phi) is 6.17. The van der Waals surface area contributed by atoms with Crippen LogP contribution in [0.5, 0.6) is 0 Å². The van der Waals surface area contributed by atoms with Gasteiger partial charge in [0.1, 0.15) is 0 Å². The molecule has 2 saturated heterocycles. The van der Waals surface area contributed by atoms with Crippen LogP contribution in [-0.2, 0) is 6.54 Å². The standard InChI is InChI=1S/C26H35N5O/c1-19(2)30-13-15-31(16-14-30)22-5-3-20(4-6-22)26-24-17-21(28-25(24)7-10-27-26)18-29-11-8-23(32)9-12-29/h3-7,10,17,19,23,28,32H,8-9,11-16,18H2,1-2H3. The lowest BCUT2D eigenvalue weighted by Crippen LogP contribution is -2.48. The molecule has 2 aromatic heterocycles. The van der Waals surface area contributed by atoms with Gasteiger partial charge in [-0.05, 0) is 51.0 Å². The van der Waals surface area contributed by atoms with Gasteiger partial charge in [0.25, 0.3) is 0 Å². The minimum Gasteiger partial charge on any atom is -0.393 e. The van der Waals surface area contributed by atoms with Gasteiger partial charge in [-0.1, -0.05) is 12.1 Å². The molecule has 1 aromatic carbocycles. The van der Waals surface area contributed by atoms with E-state index in [0.29, 0.717) is 6.04 Å². The molecule has 6 nitrogen and oxygen atoms in total. The maximum atomic E-state index is 9.76. The fourth-order valence-electron chi connectivity index (χ4n) is 5.07. The average molecular weight is 434 g/mol. The number of pyridine rings is 1. The molecule has 0 saturated carbocycles. The van der Waals surface area contributed by atoms with Crippen molar-refractivity contribution in [3.05, 3.63) is 48.3 Å². The first-order valence-corrected chi connectivity index (χ1v) is 12.0. The van der Waals surface area contributed by atoms with Gasteiger partial charge in [0, 0.05) is 85.9 Å². The zero-order valence-corrected chi connectivity index (χ0v) is 19.3. The molecule has 4 heterocycles. The van der Waals surface area contributed by atoms with E-state index in [1.807, 2.05) is 6.20 Å². The number of fused-ring (bicyclic) bond motifs is 1. The molecule has 2 aliphatic rings. The summed E-state index contributed by atoms with van der Waals surface area (Å²) in [7, 11) is 0. The van der Waals surface area contributed by atoms with Crippen molar-refractivity contribution in [1.29, 1.82) is 0 Å². The second-order valence-electron chi connectivity index (χ2n) is 9.59. The third kappa shape index (κ3) is 4.53. The highest BCUT2D eigenvalue weighted by atomic mass is 16.3. The predicted octanol–water partition coefficient (Wildman–Crippen LogP) is 3.72. The van der Waals surface area contributed by atoms with Crippen molar-refractivity contribution in [3.63, 3.8) is 0 Å². The smallest absolute Gasteiger partial charge is 0.0795 e. The third-order valence-electron chi connectivity index (χ3n) is 7.11. The molecule has 6 heteroatoms. The molecule has 5 rings (SSSR count). The molecule has 0 spiro atoms. The zero-order valence-electron chi connectivity index (χ0n) is 19.3. The predicted molar refractivity (Wildman–Crippen MR) is 131 cm³/mol. The number of rotatable bonds is 5. The van der Waals surface area contributed by atoms with Crippen LogP contribution in [0.4, 0.5) is 5.69 Å². The number of nitrogens with zero attached hydrogens (tertiary/aromatic N) is 4. The minimum absolute atomic E-state index is 0.133. The Morgan fingerprint density at radius 3 is 2.41 bits per heavy atom. The highest BCUT2D eigenvalue weighted by Gasteiger charge is 2.20. The lowest BCUT2D eigenvalue weighted by molar-refractivity contribution is 0.0788. The molecule has 2 N–H and O–H groups in total. The van der Waals surface area contributed by atoms with Crippen LogP contribution in [0.3, 0.4) is 0 Å². The number of aromatic amines is 1. The maximum Gasteiger partial charge on any atom is 0.0795 e. The largest absolute Gasteiger partial charge is 0.393 e. The molecule has 0 bridgehead atoms. The van der Waals surface area contributed by atoms with Gasteiger partial charge >= 0.3 is 0 Å². The molecule has 0 atom stereocenters. The number of likely N-dealkylation sites (tertiary alicyclic amines) is 1. The van der Waals surface area contributed by atoms with Crippen LogP contribution < -0.4 is 4.90 Å². The molecule has 2 fully saturated rings. The van der Waals surface area contributed by atoms with E-state index >= 15 is 0 Å². The Balaban J connectivity index is 1.31. The number of hydrogen-bond donors (Lipinski definition) is 2. The summed E-state index contributed by atoms with van der Waals surface area (Å²) in [5.41, 5.74) is 5.84. The number of aromatic nitrogens is 2. The number of anilines is 1. The number of piperidine rings is 1. The van der Waals surface area contributed by atoms with Gasteiger partial charge < -0.3 is 15.0 Å². The van der Waals surface area contributed by atoms with Gasteiger partial charge in [0.05, 0.1) is 11.8 Å². The summed E-state index contributed by atoms with van der Waals surface area (Å²) in [5.74, 6) is 0. The number of aliphatic hydroxyl groups is 1. The van der Waals surface area contributed by atoms with Gasteiger partial charge in [-0.15, -0.1) is 0 Å². The number of hydrogen-bond acceptors (Lipinski definition) is 5.